The van der Waals surface area contributed by atoms with Gasteiger partial charge in [0.1, 0.15) is 28.7 Å². The first kappa shape index (κ1) is 29.5. The van der Waals surface area contributed by atoms with Gasteiger partial charge in [-0.1, -0.05) is 36.0 Å². The van der Waals surface area contributed by atoms with Crippen molar-refractivity contribution in [2.24, 2.45) is 0 Å². The minimum atomic E-state index is -0.801. The summed E-state index contributed by atoms with van der Waals surface area (Å²) in [4.78, 5) is 15.1. The predicted molar refractivity (Wildman–Crippen MR) is 157 cm³/mol. The number of hydrogen-bond acceptors (Lipinski definition) is 8. The molecule has 10 heteroatoms. The fourth-order valence-corrected chi connectivity index (χ4v) is 5.23. The van der Waals surface area contributed by atoms with Gasteiger partial charge >= 0.3 is 5.97 Å². The molecule has 0 radical (unpaired) electrons. The second-order valence-corrected chi connectivity index (χ2v) is 9.76. The monoisotopic (exact) mass is 585 g/mol. The van der Waals surface area contributed by atoms with E-state index in [9.17, 15) is 4.79 Å². The van der Waals surface area contributed by atoms with Crippen molar-refractivity contribution in [2.75, 3.05) is 39.9 Å². The minimum Gasteiger partial charge on any atom is -0.497 e. The second kappa shape index (κ2) is 13.2. The Balaban J connectivity index is 1.90. The number of benzene rings is 3. The van der Waals surface area contributed by atoms with E-state index in [1.807, 2.05) is 47.4 Å². The van der Waals surface area contributed by atoms with Crippen LogP contribution in [0.25, 0.3) is 0 Å². The fourth-order valence-electron chi connectivity index (χ4n) is 4.75. The van der Waals surface area contributed by atoms with Gasteiger partial charge in [-0.25, -0.2) is 0 Å². The van der Waals surface area contributed by atoms with Crippen LogP contribution < -0.4 is 23.8 Å². The number of thiocarbonyl (C=S) groups is 1. The number of ether oxygens (including phenoxy) is 6. The largest absolute Gasteiger partial charge is 0.497 e. The molecule has 1 heterocycles. The van der Waals surface area contributed by atoms with Gasteiger partial charge in [0.2, 0.25) is 0 Å². The summed E-state index contributed by atoms with van der Waals surface area (Å²) in [7, 11) is 6.34. The Morgan fingerprint density at radius 1 is 0.950 bits per heavy atom. The number of esters is 1. The van der Waals surface area contributed by atoms with Crippen molar-refractivity contribution in [1.29, 1.82) is 0 Å². The van der Waals surface area contributed by atoms with E-state index in [-0.39, 0.29) is 13.0 Å². The highest BCUT2D eigenvalue weighted by Gasteiger charge is 2.37. The maximum Gasteiger partial charge on any atom is 0.308 e. The summed E-state index contributed by atoms with van der Waals surface area (Å²) in [5.41, 5.74) is 3.08. The molecule has 4 rings (SSSR count). The van der Waals surface area contributed by atoms with Gasteiger partial charge in [-0.2, -0.15) is 0 Å². The highest BCUT2D eigenvalue weighted by atomic mass is 35.5. The standard InChI is InChI=1S/C30H32ClNO7S/c1-6-38-27(33)16-26-30(40)32(17-18-10-12-20(34-2)15-25(18)36-4)23-13-11-19(31)14-22(23)28(39-26)21-8-7-9-24(35-3)29(21)37-5/h7-15,26,28H,6,16-17H2,1-5H3/t26-,28+/m0/s1. The van der Waals surface area contributed by atoms with Gasteiger partial charge in [-0.15, -0.1) is 0 Å². The predicted octanol–water partition coefficient (Wildman–Crippen LogP) is 6.15. The molecule has 3 aromatic rings. The van der Waals surface area contributed by atoms with E-state index < -0.39 is 18.2 Å². The number of para-hydroxylation sites is 1. The van der Waals surface area contributed by atoms with E-state index in [1.165, 1.54) is 0 Å². The van der Waals surface area contributed by atoms with Gasteiger partial charge in [0.05, 0.1) is 48.0 Å². The zero-order valence-electron chi connectivity index (χ0n) is 23.1. The minimum absolute atomic E-state index is 0.0760. The van der Waals surface area contributed by atoms with Crippen molar-refractivity contribution in [2.45, 2.75) is 32.1 Å². The van der Waals surface area contributed by atoms with Gasteiger partial charge in [0, 0.05) is 33.5 Å². The summed E-state index contributed by atoms with van der Waals surface area (Å²) in [5, 5.41) is 0.519. The van der Waals surface area contributed by atoms with E-state index >= 15 is 0 Å². The number of carbonyl (C=O) groups excluding carboxylic acids is 1. The topological polar surface area (TPSA) is 75.7 Å². The van der Waals surface area contributed by atoms with E-state index in [0.29, 0.717) is 45.1 Å². The molecule has 0 N–H and O–H groups in total. The SMILES string of the molecule is CCOC(=O)C[C@@H]1O[C@H](c2cccc(OC)c2OC)c2cc(Cl)ccc2N(Cc2ccc(OC)cc2OC)C1=S. The van der Waals surface area contributed by atoms with Crippen molar-refractivity contribution >= 4 is 40.5 Å². The molecule has 0 aliphatic carbocycles. The molecule has 2 atom stereocenters. The third-order valence-electron chi connectivity index (χ3n) is 6.60. The third-order valence-corrected chi connectivity index (χ3v) is 7.32. The van der Waals surface area contributed by atoms with Crippen LogP contribution in [-0.4, -0.2) is 52.1 Å². The number of anilines is 1. The first-order valence-electron chi connectivity index (χ1n) is 12.7. The van der Waals surface area contributed by atoms with Crippen LogP contribution in [0, 0.1) is 0 Å². The summed E-state index contributed by atoms with van der Waals surface area (Å²) in [5.74, 6) is 1.93. The highest BCUT2D eigenvalue weighted by Crippen LogP contribution is 2.46. The Hall–Kier alpha value is -3.53. The van der Waals surface area contributed by atoms with Crippen LogP contribution in [0.5, 0.6) is 23.0 Å². The van der Waals surface area contributed by atoms with Crippen LogP contribution in [0.2, 0.25) is 5.02 Å². The summed E-state index contributed by atoms with van der Waals surface area (Å²) in [6.07, 6.45) is -1.57. The van der Waals surface area contributed by atoms with Gasteiger partial charge in [0.25, 0.3) is 0 Å². The molecule has 8 nitrogen and oxygen atoms in total. The number of fused-ring (bicyclic) bond motifs is 1. The summed E-state index contributed by atoms with van der Waals surface area (Å²) in [6.45, 7) is 2.34. The lowest BCUT2D eigenvalue weighted by molar-refractivity contribution is -0.145. The first-order chi connectivity index (χ1) is 19.3. The number of rotatable bonds is 10. The molecule has 3 aromatic carbocycles. The lowest BCUT2D eigenvalue weighted by atomic mass is 9.97. The average molecular weight is 586 g/mol. The molecule has 0 aromatic heterocycles. The molecule has 1 aliphatic heterocycles. The Morgan fingerprint density at radius 3 is 2.40 bits per heavy atom. The molecule has 0 bridgehead atoms. The molecule has 1 aliphatic rings. The zero-order chi connectivity index (χ0) is 28.8. The maximum absolute atomic E-state index is 12.7. The highest BCUT2D eigenvalue weighted by molar-refractivity contribution is 7.80. The van der Waals surface area contributed by atoms with Crippen molar-refractivity contribution in [1.82, 2.24) is 0 Å². The molecule has 0 amide bonds. The van der Waals surface area contributed by atoms with Gasteiger partial charge < -0.3 is 33.3 Å². The molecule has 40 heavy (non-hydrogen) atoms. The summed E-state index contributed by atoms with van der Waals surface area (Å²) < 4.78 is 34.3. The van der Waals surface area contributed by atoms with E-state index in [0.717, 1.165) is 16.8 Å². The average Bonchev–Trinajstić information content (AvgIpc) is 3.07. The lowest BCUT2D eigenvalue weighted by Crippen LogP contribution is -2.39. The molecule has 212 valence electrons. The van der Waals surface area contributed by atoms with Gasteiger partial charge in [-0.3, -0.25) is 4.79 Å². The Kier molecular flexibility index (Phi) is 9.73. The molecular formula is C30H32ClNO7S. The van der Waals surface area contributed by atoms with E-state index in [1.54, 1.807) is 47.5 Å². The molecule has 0 fully saturated rings. The van der Waals surface area contributed by atoms with Crippen LogP contribution in [0.15, 0.2) is 54.6 Å². The fraction of sp³-hybridized carbons (Fsp3) is 0.333. The van der Waals surface area contributed by atoms with Crippen LogP contribution in [0.3, 0.4) is 0 Å². The van der Waals surface area contributed by atoms with Crippen molar-refractivity contribution < 1.29 is 33.2 Å². The molecule has 0 saturated heterocycles. The first-order valence-corrected chi connectivity index (χ1v) is 13.5. The Bertz CT molecular complexity index is 1380. The number of carbonyl (C=O) groups is 1. The van der Waals surface area contributed by atoms with E-state index in [2.05, 4.69) is 0 Å². The van der Waals surface area contributed by atoms with Crippen molar-refractivity contribution in [3.63, 3.8) is 0 Å². The lowest BCUT2D eigenvalue weighted by Gasteiger charge is -2.28. The molecule has 0 spiro atoms. The van der Waals surface area contributed by atoms with Gasteiger partial charge in [0.15, 0.2) is 11.5 Å². The Morgan fingerprint density at radius 2 is 1.73 bits per heavy atom. The number of halogens is 1. The number of methoxy groups -OCH3 is 4. The second-order valence-electron chi connectivity index (χ2n) is 8.90. The number of hydrogen-bond donors (Lipinski definition) is 0. The number of nitrogens with zero attached hydrogens (tertiary/aromatic N) is 1. The molecular weight excluding hydrogens is 554 g/mol. The van der Waals surface area contributed by atoms with Crippen molar-refractivity contribution in [3.8, 4) is 23.0 Å². The quantitative estimate of drug-likeness (QED) is 0.206. The maximum atomic E-state index is 12.7. The summed E-state index contributed by atoms with van der Waals surface area (Å²) >= 11 is 12.6. The van der Waals surface area contributed by atoms with Crippen LogP contribution >= 0.6 is 23.8 Å². The van der Waals surface area contributed by atoms with Crippen LogP contribution in [-0.2, 0) is 20.8 Å². The third kappa shape index (κ3) is 6.11. The Labute approximate surface area is 244 Å². The zero-order valence-corrected chi connectivity index (χ0v) is 24.6. The normalized spacial score (nSPS) is 16.6. The molecule has 0 unspecified atom stereocenters. The van der Waals surface area contributed by atoms with Gasteiger partial charge in [-0.05, 0) is 43.3 Å². The van der Waals surface area contributed by atoms with E-state index in [4.69, 9.17) is 52.2 Å². The van der Waals surface area contributed by atoms with Crippen LogP contribution in [0.4, 0.5) is 5.69 Å². The smallest absolute Gasteiger partial charge is 0.308 e. The summed E-state index contributed by atoms with van der Waals surface area (Å²) in [6, 6.07) is 16.7. The molecule has 0 saturated carbocycles. The van der Waals surface area contributed by atoms with Crippen LogP contribution in [0.1, 0.15) is 36.1 Å². The van der Waals surface area contributed by atoms with Crippen molar-refractivity contribution in [3.05, 3.63) is 76.3 Å².